The average molecular weight is 190 g/mol. The quantitative estimate of drug-likeness (QED) is 0.776. The Hall–Kier alpha value is -1.35. The van der Waals surface area contributed by atoms with E-state index in [2.05, 4.69) is 9.97 Å². The van der Waals surface area contributed by atoms with Crippen LogP contribution in [0.2, 0.25) is 0 Å². The molecule has 0 aliphatic heterocycles. The van der Waals surface area contributed by atoms with Crippen LogP contribution in [0, 0.1) is 0 Å². The number of aromatic amines is 1. The average Bonchev–Trinajstić information content (AvgIpc) is 2.57. The molecule has 3 nitrogen and oxygen atoms in total. The summed E-state index contributed by atoms with van der Waals surface area (Å²) in [5.41, 5.74) is 2.06. The molecule has 2 rings (SSSR count). The highest BCUT2D eigenvalue weighted by atomic mass is 16.3. The van der Waals surface area contributed by atoms with Crippen molar-refractivity contribution in [2.75, 3.05) is 0 Å². The maximum absolute atomic E-state index is 9.15. The van der Waals surface area contributed by atoms with Crippen molar-refractivity contribution in [2.45, 2.75) is 25.9 Å². The minimum absolute atomic E-state index is 0.261. The normalized spacial score (nSPS) is 13.3. The summed E-state index contributed by atoms with van der Waals surface area (Å²) in [4.78, 5) is 7.65. The van der Waals surface area contributed by atoms with E-state index in [-0.39, 0.29) is 6.10 Å². The van der Waals surface area contributed by atoms with Crippen molar-refractivity contribution in [3.63, 3.8) is 0 Å². The van der Waals surface area contributed by atoms with Crippen LogP contribution in [0.5, 0.6) is 0 Å². The minimum Gasteiger partial charge on any atom is -0.393 e. The van der Waals surface area contributed by atoms with Crippen LogP contribution in [-0.2, 0) is 6.42 Å². The molecule has 0 aliphatic carbocycles. The number of aryl methyl sites for hydroxylation is 1. The number of hydrogen-bond donors (Lipinski definition) is 2. The fourth-order valence-corrected chi connectivity index (χ4v) is 1.47. The number of H-pyrrole nitrogens is 1. The van der Waals surface area contributed by atoms with Crippen molar-refractivity contribution < 1.29 is 5.11 Å². The van der Waals surface area contributed by atoms with E-state index in [1.165, 1.54) is 0 Å². The van der Waals surface area contributed by atoms with E-state index in [1.54, 1.807) is 6.92 Å². The number of fused-ring (bicyclic) bond motifs is 1. The molecule has 0 radical (unpaired) electrons. The highest BCUT2D eigenvalue weighted by Crippen LogP contribution is 2.11. The summed E-state index contributed by atoms with van der Waals surface area (Å²) in [6.07, 6.45) is 1.29. The smallest absolute Gasteiger partial charge is 0.107 e. The predicted molar refractivity (Wildman–Crippen MR) is 56.1 cm³/mol. The third kappa shape index (κ3) is 1.93. The lowest BCUT2D eigenvalue weighted by Crippen LogP contribution is -2.02. The van der Waals surface area contributed by atoms with Crippen molar-refractivity contribution >= 4 is 11.0 Å². The van der Waals surface area contributed by atoms with Gasteiger partial charge in [0.1, 0.15) is 5.82 Å². The zero-order valence-corrected chi connectivity index (χ0v) is 8.20. The molecule has 74 valence electrons. The standard InChI is InChI=1S/C11H14N2O/c1-8(14)6-7-11-12-9-4-2-3-5-10(9)13-11/h2-5,8,14H,6-7H2,1H3,(H,12,13)/t8-/m0/s1. The summed E-state index contributed by atoms with van der Waals surface area (Å²) >= 11 is 0. The van der Waals surface area contributed by atoms with Crippen LogP contribution >= 0.6 is 0 Å². The van der Waals surface area contributed by atoms with Crippen LogP contribution < -0.4 is 0 Å². The molecule has 0 fully saturated rings. The Morgan fingerprint density at radius 2 is 2.21 bits per heavy atom. The fraction of sp³-hybridized carbons (Fsp3) is 0.364. The first-order chi connectivity index (χ1) is 6.75. The molecule has 0 saturated carbocycles. The highest BCUT2D eigenvalue weighted by molar-refractivity contribution is 5.74. The molecule has 1 aromatic carbocycles. The molecule has 14 heavy (non-hydrogen) atoms. The van der Waals surface area contributed by atoms with E-state index in [9.17, 15) is 0 Å². The van der Waals surface area contributed by atoms with Gasteiger partial charge in [0.05, 0.1) is 17.1 Å². The predicted octanol–water partition coefficient (Wildman–Crippen LogP) is 1.88. The van der Waals surface area contributed by atoms with Crippen molar-refractivity contribution in [3.05, 3.63) is 30.1 Å². The molecule has 2 N–H and O–H groups in total. The lowest BCUT2D eigenvalue weighted by Gasteiger charge is -1.99. The van der Waals surface area contributed by atoms with Crippen LogP contribution in [-0.4, -0.2) is 21.2 Å². The van der Waals surface area contributed by atoms with Gasteiger partial charge in [-0.15, -0.1) is 0 Å². The van der Waals surface area contributed by atoms with Crippen molar-refractivity contribution in [2.24, 2.45) is 0 Å². The van der Waals surface area contributed by atoms with Gasteiger partial charge in [-0.25, -0.2) is 4.98 Å². The maximum Gasteiger partial charge on any atom is 0.107 e. The summed E-state index contributed by atoms with van der Waals surface area (Å²) < 4.78 is 0. The van der Waals surface area contributed by atoms with Gasteiger partial charge in [-0.05, 0) is 25.5 Å². The molecule has 1 aromatic heterocycles. The molecular formula is C11H14N2O. The fourth-order valence-electron chi connectivity index (χ4n) is 1.47. The molecule has 1 heterocycles. The number of rotatable bonds is 3. The van der Waals surface area contributed by atoms with Gasteiger partial charge in [-0.1, -0.05) is 12.1 Å². The Morgan fingerprint density at radius 3 is 2.93 bits per heavy atom. The van der Waals surface area contributed by atoms with E-state index < -0.39 is 0 Å². The maximum atomic E-state index is 9.15. The second-order valence-electron chi connectivity index (χ2n) is 3.59. The van der Waals surface area contributed by atoms with Crippen LogP contribution in [0.1, 0.15) is 19.2 Å². The minimum atomic E-state index is -0.261. The number of benzene rings is 1. The third-order valence-electron chi connectivity index (χ3n) is 2.24. The highest BCUT2D eigenvalue weighted by Gasteiger charge is 2.03. The summed E-state index contributed by atoms with van der Waals surface area (Å²) in [5.74, 6) is 0.951. The van der Waals surface area contributed by atoms with Gasteiger partial charge in [-0.2, -0.15) is 0 Å². The van der Waals surface area contributed by atoms with E-state index >= 15 is 0 Å². The van der Waals surface area contributed by atoms with Crippen LogP contribution in [0.3, 0.4) is 0 Å². The molecule has 0 aliphatic rings. The first-order valence-corrected chi connectivity index (χ1v) is 4.87. The van der Waals surface area contributed by atoms with E-state index in [0.29, 0.717) is 0 Å². The van der Waals surface area contributed by atoms with Gasteiger partial charge >= 0.3 is 0 Å². The number of imidazole rings is 1. The number of aliphatic hydroxyl groups is 1. The SMILES string of the molecule is C[C@H](O)CCc1nc2ccccc2[nH]1. The zero-order chi connectivity index (χ0) is 9.97. The largest absolute Gasteiger partial charge is 0.393 e. The van der Waals surface area contributed by atoms with Gasteiger partial charge in [0.15, 0.2) is 0 Å². The summed E-state index contributed by atoms with van der Waals surface area (Å²) in [6, 6.07) is 7.95. The Balaban J connectivity index is 2.19. The number of para-hydroxylation sites is 2. The number of aliphatic hydroxyl groups excluding tert-OH is 1. The lowest BCUT2D eigenvalue weighted by molar-refractivity contribution is 0.184. The summed E-state index contributed by atoms with van der Waals surface area (Å²) in [7, 11) is 0. The summed E-state index contributed by atoms with van der Waals surface area (Å²) in [5, 5.41) is 9.15. The first kappa shape index (κ1) is 9.21. The van der Waals surface area contributed by atoms with Crippen molar-refractivity contribution in [1.82, 2.24) is 9.97 Å². The molecule has 1 atom stereocenters. The van der Waals surface area contributed by atoms with E-state index in [0.717, 1.165) is 29.7 Å². The number of nitrogens with one attached hydrogen (secondary N) is 1. The molecule has 0 unspecified atom stereocenters. The Morgan fingerprint density at radius 1 is 1.43 bits per heavy atom. The third-order valence-corrected chi connectivity index (χ3v) is 2.24. The van der Waals surface area contributed by atoms with Crippen LogP contribution in [0.4, 0.5) is 0 Å². The second-order valence-corrected chi connectivity index (χ2v) is 3.59. The van der Waals surface area contributed by atoms with E-state index in [4.69, 9.17) is 5.11 Å². The second kappa shape index (κ2) is 3.80. The number of nitrogens with zero attached hydrogens (tertiary/aromatic N) is 1. The van der Waals surface area contributed by atoms with Gasteiger partial charge in [0.2, 0.25) is 0 Å². The Bertz CT molecular complexity index is 387. The van der Waals surface area contributed by atoms with Crippen molar-refractivity contribution in [3.8, 4) is 0 Å². The first-order valence-electron chi connectivity index (χ1n) is 4.87. The van der Waals surface area contributed by atoms with Crippen molar-refractivity contribution in [1.29, 1.82) is 0 Å². The van der Waals surface area contributed by atoms with Crippen LogP contribution in [0.25, 0.3) is 11.0 Å². The monoisotopic (exact) mass is 190 g/mol. The van der Waals surface area contributed by atoms with E-state index in [1.807, 2.05) is 24.3 Å². The molecular weight excluding hydrogens is 176 g/mol. The lowest BCUT2D eigenvalue weighted by atomic mass is 10.2. The summed E-state index contributed by atoms with van der Waals surface area (Å²) in [6.45, 7) is 1.79. The van der Waals surface area contributed by atoms with Gasteiger partial charge in [0.25, 0.3) is 0 Å². The molecule has 0 amide bonds. The van der Waals surface area contributed by atoms with Crippen LogP contribution in [0.15, 0.2) is 24.3 Å². The molecule has 0 bridgehead atoms. The van der Waals surface area contributed by atoms with Gasteiger partial charge < -0.3 is 10.1 Å². The number of aromatic nitrogens is 2. The number of hydrogen-bond acceptors (Lipinski definition) is 2. The Kier molecular flexibility index (Phi) is 2.50. The molecule has 0 spiro atoms. The zero-order valence-electron chi connectivity index (χ0n) is 8.20. The topological polar surface area (TPSA) is 48.9 Å². The molecule has 0 saturated heterocycles. The van der Waals surface area contributed by atoms with Gasteiger partial charge in [-0.3, -0.25) is 0 Å². The molecule has 3 heteroatoms. The Labute approximate surface area is 82.8 Å². The van der Waals surface area contributed by atoms with Gasteiger partial charge in [0, 0.05) is 6.42 Å². The molecule has 2 aromatic rings.